The number of halogens is 3. The summed E-state index contributed by atoms with van der Waals surface area (Å²) in [5.41, 5.74) is 0. The predicted molar refractivity (Wildman–Crippen MR) is 69.5 cm³/mol. The molecule has 124 valence electrons. The molecule has 2 saturated heterocycles. The molecule has 2 aliphatic rings. The van der Waals surface area contributed by atoms with E-state index in [0.717, 1.165) is 4.90 Å². The molecule has 0 radical (unpaired) electrons. The lowest BCUT2D eigenvalue weighted by atomic mass is 9.94. The molecule has 2 fully saturated rings. The molecule has 1 unspecified atom stereocenters. The van der Waals surface area contributed by atoms with Gasteiger partial charge in [-0.05, 0) is 19.8 Å². The summed E-state index contributed by atoms with van der Waals surface area (Å²) in [5.74, 6) is -2.75. The minimum absolute atomic E-state index is 0.0941. The number of piperidine rings is 1. The molecule has 2 heterocycles. The van der Waals surface area contributed by atoms with Gasteiger partial charge < -0.3 is 15.1 Å². The minimum Gasteiger partial charge on any atom is -0.353 e. The van der Waals surface area contributed by atoms with Crippen LogP contribution in [0.15, 0.2) is 0 Å². The van der Waals surface area contributed by atoms with Gasteiger partial charge in [-0.25, -0.2) is 0 Å². The smallest absolute Gasteiger partial charge is 0.353 e. The van der Waals surface area contributed by atoms with Gasteiger partial charge in [-0.1, -0.05) is 0 Å². The maximum Gasteiger partial charge on any atom is 0.471 e. The monoisotopic (exact) mass is 321 g/mol. The zero-order valence-electron chi connectivity index (χ0n) is 12.2. The van der Waals surface area contributed by atoms with Crippen LogP contribution in [0.25, 0.3) is 0 Å². The molecule has 0 aromatic rings. The molecule has 0 aromatic carbocycles. The van der Waals surface area contributed by atoms with Crippen LogP contribution in [0.2, 0.25) is 0 Å². The van der Waals surface area contributed by atoms with Crippen LogP contribution in [-0.2, 0) is 14.4 Å². The van der Waals surface area contributed by atoms with Gasteiger partial charge in [0.1, 0.15) is 6.04 Å². The zero-order valence-corrected chi connectivity index (χ0v) is 12.2. The van der Waals surface area contributed by atoms with Gasteiger partial charge in [0.2, 0.25) is 11.8 Å². The second-order valence-electron chi connectivity index (χ2n) is 5.56. The molecule has 1 atom stereocenters. The Morgan fingerprint density at radius 2 is 1.77 bits per heavy atom. The number of carbonyl (C=O) groups excluding carboxylic acids is 3. The van der Waals surface area contributed by atoms with Gasteiger partial charge in [0, 0.05) is 32.1 Å². The molecular weight excluding hydrogens is 303 g/mol. The fraction of sp³-hybridized carbons (Fsp3) is 0.769. The van der Waals surface area contributed by atoms with Gasteiger partial charge in [0.05, 0.1) is 0 Å². The second-order valence-corrected chi connectivity index (χ2v) is 5.56. The van der Waals surface area contributed by atoms with Gasteiger partial charge in [0.25, 0.3) is 0 Å². The lowest BCUT2D eigenvalue weighted by molar-refractivity contribution is -0.187. The molecule has 9 heteroatoms. The number of nitrogens with one attached hydrogen (secondary N) is 1. The Bertz CT molecular complexity index is 473. The lowest BCUT2D eigenvalue weighted by Gasteiger charge is -2.38. The van der Waals surface area contributed by atoms with E-state index >= 15 is 0 Å². The van der Waals surface area contributed by atoms with Crippen molar-refractivity contribution >= 4 is 17.7 Å². The molecule has 1 N–H and O–H groups in total. The number of hydrogen-bond donors (Lipinski definition) is 1. The van der Waals surface area contributed by atoms with E-state index in [0.29, 0.717) is 13.1 Å². The number of piperazine rings is 1. The lowest BCUT2D eigenvalue weighted by Crippen LogP contribution is -2.58. The average Bonchev–Trinajstić information content (AvgIpc) is 2.48. The molecular formula is C13H18F3N3O3. The Morgan fingerprint density at radius 3 is 2.32 bits per heavy atom. The standard InChI is InChI=1S/C13H18F3N3O3/c1-8-10(20)17-4-7-19(8)11(21)9-2-5-18(6-3-9)12(22)13(14,15)16/h8-9H,2-7H2,1H3,(H,17,20). The Morgan fingerprint density at radius 1 is 1.18 bits per heavy atom. The Hall–Kier alpha value is -1.80. The van der Waals surface area contributed by atoms with Gasteiger partial charge in [0.15, 0.2) is 0 Å². The Balaban J connectivity index is 1.92. The summed E-state index contributed by atoms with van der Waals surface area (Å²) >= 11 is 0. The quantitative estimate of drug-likeness (QED) is 0.747. The normalized spacial score (nSPS) is 24.2. The van der Waals surface area contributed by atoms with E-state index in [1.807, 2.05) is 0 Å². The largest absolute Gasteiger partial charge is 0.471 e. The van der Waals surface area contributed by atoms with Crippen LogP contribution >= 0.6 is 0 Å². The maximum atomic E-state index is 12.4. The van der Waals surface area contributed by atoms with E-state index in [1.165, 1.54) is 4.90 Å². The minimum atomic E-state index is -4.88. The van der Waals surface area contributed by atoms with Crippen LogP contribution in [0.5, 0.6) is 0 Å². The van der Waals surface area contributed by atoms with E-state index in [-0.39, 0.29) is 37.7 Å². The molecule has 3 amide bonds. The number of amides is 3. The number of rotatable bonds is 1. The number of hydrogen-bond acceptors (Lipinski definition) is 3. The third kappa shape index (κ3) is 3.33. The van der Waals surface area contributed by atoms with E-state index in [2.05, 4.69) is 5.32 Å². The molecule has 6 nitrogen and oxygen atoms in total. The molecule has 22 heavy (non-hydrogen) atoms. The van der Waals surface area contributed by atoms with Gasteiger partial charge in [-0.15, -0.1) is 0 Å². The highest BCUT2D eigenvalue weighted by atomic mass is 19.4. The first kappa shape index (κ1) is 16.6. The number of nitrogens with zero attached hydrogens (tertiary/aromatic N) is 2. The van der Waals surface area contributed by atoms with Crippen molar-refractivity contribution in [1.82, 2.24) is 15.1 Å². The van der Waals surface area contributed by atoms with Crippen molar-refractivity contribution in [2.75, 3.05) is 26.2 Å². The van der Waals surface area contributed by atoms with Gasteiger partial charge in [-0.2, -0.15) is 13.2 Å². The molecule has 0 saturated carbocycles. The molecule has 0 spiro atoms. The first-order chi connectivity index (χ1) is 10.2. The highest BCUT2D eigenvalue weighted by Crippen LogP contribution is 2.25. The van der Waals surface area contributed by atoms with Crippen LogP contribution in [-0.4, -0.2) is 65.9 Å². The fourth-order valence-electron chi connectivity index (χ4n) is 2.83. The summed E-state index contributed by atoms with van der Waals surface area (Å²) in [6, 6.07) is -0.573. The van der Waals surface area contributed by atoms with Crippen molar-refractivity contribution in [3.05, 3.63) is 0 Å². The second kappa shape index (κ2) is 6.13. The van der Waals surface area contributed by atoms with E-state index in [4.69, 9.17) is 0 Å². The molecule has 0 aliphatic carbocycles. The van der Waals surface area contributed by atoms with Crippen LogP contribution in [0, 0.1) is 5.92 Å². The predicted octanol–water partition coefficient (Wildman–Crippen LogP) is 0.134. The summed E-state index contributed by atoms with van der Waals surface area (Å²) in [6.45, 7) is 2.20. The Kier molecular flexibility index (Phi) is 4.62. The first-order valence-corrected chi connectivity index (χ1v) is 7.16. The molecule has 2 rings (SSSR count). The topological polar surface area (TPSA) is 69.7 Å². The molecule has 0 bridgehead atoms. The van der Waals surface area contributed by atoms with Crippen LogP contribution in [0.3, 0.4) is 0 Å². The van der Waals surface area contributed by atoms with Crippen molar-refractivity contribution in [1.29, 1.82) is 0 Å². The van der Waals surface area contributed by atoms with Gasteiger partial charge >= 0.3 is 12.1 Å². The third-order valence-electron chi connectivity index (χ3n) is 4.16. The molecule has 2 aliphatic heterocycles. The zero-order chi connectivity index (χ0) is 16.5. The summed E-state index contributed by atoms with van der Waals surface area (Å²) in [4.78, 5) is 37.3. The van der Waals surface area contributed by atoms with E-state index < -0.39 is 24.0 Å². The first-order valence-electron chi connectivity index (χ1n) is 7.16. The fourth-order valence-corrected chi connectivity index (χ4v) is 2.83. The van der Waals surface area contributed by atoms with Gasteiger partial charge in [-0.3, -0.25) is 14.4 Å². The summed E-state index contributed by atoms with van der Waals surface area (Å²) in [6.07, 6.45) is -4.51. The van der Waals surface area contributed by atoms with E-state index in [1.54, 1.807) is 6.92 Å². The number of carbonyl (C=O) groups is 3. The maximum absolute atomic E-state index is 12.4. The van der Waals surface area contributed by atoms with Crippen molar-refractivity contribution in [3.63, 3.8) is 0 Å². The Labute approximate surface area is 125 Å². The van der Waals surface area contributed by atoms with Crippen molar-refractivity contribution in [3.8, 4) is 0 Å². The highest BCUT2D eigenvalue weighted by Gasteiger charge is 2.44. The number of likely N-dealkylation sites (tertiary alicyclic amines) is 1. The summed E-state index contributed by atoms with van der Waals surface area (Å²) in [7, 11) is 0. The summed E-state index contributed by atoms with van der Waals surface area (Å²) in [5, 5.41) is 2.65. The van der Waals surface area contributed by atoms with Crippen LogP contribution in [0.1, 0.15) is 19.8 Å². The SMILES string of the molecule is CC1C(=O)NCCN1C(=O)C1CCN(C(=O)C(F)(F)F)CC1. The van der Waals surface area contributed by atoms with E-state index in [9.17, 15) is 27.6 Å². The average molecular weight is 321 g/mol. The van der Waals surface area contributed by atoms with Crippen molar-refractivity contribution in [2.24, 2.45) is 5.92 Å². The van der Waals surface area contributed by atoms with Crippen LogP contribution < -0.4 is 5.32 Å². The highest BCUT2D eigenvalue weighted by molar-refractivity contribution is 5.89. The van der Waals surface area contributed by atoms with Crippen LogP contribution in [0.4, 0.5) is 13.2 Å². The van der Waals surface area contributed by atoms with Crippen molar-refractivity contribution < 1.29 is 27.6 Å². The third-order valence-corrected chi connectivity index (χ3v) is 4.16. The number of alkyl halides is 3. The molecule has 0 aromatic heterocycles. The van der Waals surface area contributed by atoms with Crippen molar-refractivity contribution in [2.45, 2.75) is 32.0 Å². The summed E-state index contributed by atoms with van der Waals surface area (Å²) < 4.78 is 37.1.